The minimum absolute atomic E-state index is 0.108. The van der Waals surface area contributed by atoms with E-state index in [1.165, 1.54) is 6.26 Å². The van der Waals surface area contributed by atoms with Crippen molar-refractivity contribution in [3.8, 4) is 0 Å². The van der Waals surface area contributed by atoms with E-state index in [1.807, 2.05) is 6.07 Å². The highest BCUT2D eigenvalue weighted by atomic mass is 79.9. The van der Waals surface area contributed by atoms with E-state index >= 15 is 0 Å². The average Bonchev–Trinajstić information content (AvgIpc) is 2.64. The molecule has 2 rings (SSSR count). The Hall–Kier alpha value is -0.390. The molecule has 5 heteroatoms. The molecule has 1 N–H and O–H groups in total. The van der Waals surface area contributed by atoms with Crippen LogP contribution in [0.1, 0.15) is 25.3 Å². The van der Waals surface area contributed by atoms with Crippen molar-refractivity contribution in [3.63, 3.8) is 0 Å². The van der Waals surface area contributed by atoms with Crippen LogP contribution >= 0.6 is 15.9 Å². The zero-order chi connectivity index (χ0) is 12.7. The Kier molecular flexibility index (Phi) is 3.36. The van der Waals surface area contributed by atoms with E-state index in [0.717, 1.165) is 29.4 Å². The Morgan fingerprint density at radius 1 is 1.35 bits per heavy atom. The lowest BCUT2D eigenvalue weighted by Crippen LogP contribution is -2.33. The lowest BCUT2D eigenvalue weighted by atomic mass is 9.91. The molecule has 0 radical (unpaired) electrons. The average molecular weight is 318 g/mol. The van der Waals surface area contributed by atoms with Crippen LogP contribution in [0.4, 0.5) is 0 Å². The highest BCUT2D eigenvalue weighted by molar-refractivity contribution is 9.10. The Morgan fingerprint density at radius 2 is 2.06 bits per heavy atom. The fourth-order valence-corrected chi connectivity index (χ4v) is 3.56. The molecule has 3 nitrogen and oxygen atoms in total. The third kappa shape index (κ3) is 2.72. The molecule has 1 atom stereocenters. The van der Waals surface area contributed by atoms with Crippen molar-refractivity contribution >= 4 is 25.8 Å². The molecule has 17 heavy (non-hydrogen) atoms. The topological polar surface area (TPSA) is 46.2 Å². The van der Waals surface area contributed by atoms with E-state index in [1.54, 1.807) is 12.1 Å². The van der Waals surface area contributed by atoms with Gasteiger partial charge in [-0.2, -0.15) is 0 Å². The van der Waals surface area contributed by atoms with Gasteiger partial charge in [-0.05, 0) is 50.1 Å². The third-order valence-electron chi connectivity index (χ3n) is 3.31. The van der Waals surface area contributed by atoms with Crippen LogP contribution in [0.2, 0.25) is 0 Å². The molecule has 1 aliphatic rings. The molecule has 1 saturated heterocycles. The summed E-state index contributed by atoms with van der Waals surface area (Å²) in [6.45, 7) is 3.10. The van der Waals surface area contributed by atoms with Crippen molar-refractivity contribution in [1.29, 1.82) is 0 Å². The number of hydrogen-bond donors (Lipinski definition) is 1. The van der Waals surface area contributed by atoms with Crippen molar-refractivity contribution in [2.45, 2.75) is 30.2 Å². The van der Waals surface area contributed by atoms with Crippen molar-refractivity contribution in [3.05, 3.63) is 28.2 Å². The van der Waals surface area contributed by atoms with Gasteiger partial charge in [-0.3, -0.25) is 0 Å². The van der Waals surface area contributed by atoms with Gasteiger partial charge in [-0.15, -0.1) is 0 Å². The van der Waals surface area contributed by atoms with Crippen LogP contribution in [0.3, 0.4) is 0 Å². The van der Waals surface area contributed by atoms with Crippen LogP contribution in [0, 0.1) is 0 Å². The molecule has 1 aromatic rings. The maximum absolute atomic E-state index is 11.6. The predicted molar refractivity (Wildman–Crippen MR) is 71.8 cm³/mol. The fourth-order valence-electron chi connectivity index (χ4n) is 2.24. The molecule has 1 unspecified atom stereocenters. The van der Waals surface area contributed by atoms with Gasteiger partial charge in [0.1, 0.15) is 0 Å². The van der Waals surface area contributed by atoms with Crippen LogP contribution in [-0.4, -0.2) is 21.2 Å². The number of benzene rings is 1. The minimum atomic E-state index is -3.16. The van der Waals surface area contributed by atoms with E-state index in [-0.39, 0.29) is 5.54 Å². The summed E-state index contributed by atoms with van der Waals surface area (Å²) in [5.74, 6) is 0. The predicted octanol–water partition coefficient (Wildman–Crippen LogP) is 2.45. The molecule has 1 aromatic carbocycles. The smallest absolute Gasteiger partial charge is 0.175 e. The van der Waals surface area contributed by atoms with E-state index in [4.69, 9.17) is 0 Å². The van der Waals surface area contributed by atoms with E-state index in [9.17, 15) is 8.42 Å². The van der Waals surface area contributed by atoms with Gasteiger partial charge in [0.15, 0.2) is 9.84 Å². The van der Waals surface area contributed by atoms with Gasteiger partial charge in [0.05, 0.1) is 4.90 Å². The summed E-state index contributed by atoms with van der Waals surface area (Å²) in [4.78, 5) is 0.372. The Morgan fingerprint density at radius 3 is 2.59 bits per heavy atom. The summed E-state index contributed by atoms with van der Waals surface area (Å²) >= 11 is 3.38. The van der Waals surface area contributed by atoms with E-state index < -0.39 is 9.84 Å². The lowest BCUT2D eigenvalue weighted by molar-refractivity contribution is 0.433. The fraction of sp³-hybridized carbons (Fsp3) is 0.500. The summed E-state index contributed by atoms with van der Waals surface area (Å²) in [6, 6.07) is 5.42. The largest absolute Gasteiger partial charge is 0.308 e. The first-order valence-electron chi connectivity index (χ1n) is 5.57. The molecular formula is C12H16BrNO2S. The molecule has 0 aromatic heterocycles. The Labute approximate surface area is 111 Å². The summed E-state index contributed by atoms with van der Waals surface area (Å²) < 4.78 is 24.0. The molecule has 1 heterocycles. The third-order valence-corrected chi connectivity index (χ3v) is 4.86. The number of halogens is 1. The summed E-state index contributed by atoms with van der Waals surface area (Å²) in [7, 11) is -3.16. The van der Waals surface area contributed by atoms with E-state index in [2.05, 4.69) is 28.2 Å². The quantitative estimate of drug-likeness (QED) is 0.911. The maximum Gasteiger partial charge on any atom is 0.175 e. The molecule has 0 saturated carbocycles. The SMILES string of the molecule is CC1(c2cc(Br)cc(S(C)(=O)=O)c2)CCCN1. The molecule has 94 valence electrons. The highest BCUT2D eigenvalue weighted by Gasteiger charge is 2.30. The summed E-state index contributed by atoms with van der Waals surface area (Å²) in [5, 5.41) is 3.44. The molecular weight excluding hydrogens is 302 g/mol. The van der Waals surface area contributed by atoms with Crippen molar-refractivity contribution < 1.29 is 8.42 Å². The molecule has 0 amide bonds. The number of sulfone groups is 1. The molecule has 0 bridgehead atoms. The van der Waals surface area contributed by atoms with Gasteiger partial charge >= 0.3 is 0 Å². The van der Waals surface area contributed by atoms with Crippen LogP contribution in [0.5, 0.6) is 0 Å². The van der Waals surface area contributed by atoms with Crippen molar-refractivity contribution in [2.24, 2.45) is 0 Å². The number of hydrogen-bond acceptors (Lipinski definition) is 3. The molecule has 0 aliphatic carbocycles. The monoisotopic (exact) mass is 317 g/mol. The van der Waals surface area contributed by atoms with Crippen LogP contribution in [0.25, 0.3) is 0 Å². The van der Waals surface area contributed by atoms with Crippen molar-refractivity contribution in [1.82, 2.24) is 5.32 Å². The first-order valence-corrected chi connectivity index (χ1v) is 8.26. The summed E-state index contributed by atoms with van der Waals surface area (Å²) in [5.41, 5.74) is 0.924. The zero-order valence-electron chi connectivity index (χ0n) is 9.96. The zero-order valence-corrected chi connectivity index (χ0v) is 12.4. The van der Waals surface area contributed by atoms with Crippen LogP contribution in [0.15, 0.2) is 27.6 Å². The minimum Gasteiger partial charge on any atom is -0.308 e. The molecule has 1 aliphatic heterocycles. The highest BCUT2D eigenvalue weighted by Crippen LogP contribution is 2.33. The van der Waals surface area contributed by atoms with Gasteiger partial charge < -0.3 is 5.32 Å². The first kappa shape index (κ1) is 13.1. The van der Waals surface area contributed by atoms with Crippen LogP contribution in [-0.2, 0) is 15.4 Å². The Balaban J connectivity index is 2.52. The van der Waals surface area contributed by atoms with Gasteiger partial charge in [0.25, 0.3) is 0 Å². The van der Waals surface area contributed by atoms with Gasteiger partial charge in [0, 0.05) is 16.3 Å². The molecule has 1 fully saturated rings. The molecule has 0 spiro atoms. The first-order chi connectivity index (χ1) is 7.81. The number of nitrogens with one attached hydrogen (secondary N) is 1. The normalized spacial score (nSPS) is 25.1. The van der Waals surface area contributed by atoms with E-state index in [0.29, 0.717) is 4.90 Å². The van der Waals surface area contributed by atoms with Gasteiger partial charge in [-0.1, -0.05) is 15.9 Å². The standard InChI is InChI=1S/C12H16BrNO2S/c1-12(4-3-5-14-12)9-6-10(13)8-11(7-9)17(2,15)16/h6-8,14H,3-5H2,1-2H3. The lowest BCUT2D eigenvalue weighted by Gasteiger charge is -2.25. The Bertz CT molecular complexity index is 533. The summed E-state index contributed by atoms with van der Waals surface area (Å²) in [6.07, 6.45) is 3.40. The van der Waals surface area contributed by atoms with Crippen LogP contribution < -0.4 is 5.32 Å². The second kappa shape index (κ2) is 4.37. The second-order valence-electron chi connectivity index (χ2n) is 4.81. The van der Waals surface area contributed by atoms with Gasteiger partial charge in [0.2, 0.25) is 0 Å². The second-order valence-corrected chi connectivity index (χ2v) is 7.74. The number of rotatable bonds is 2. The van der Waals surface area contributed by atoms with Crippen molar-refractivity contribution in [2.75, 3.05) is 12.8 Å². The van der Waals surface area contributed by atoms with Gasteiger partial charge in [-0.25, -0.2) is 8.42 Å². The maximum atomic E-state index is 11.6.